The lowest BCUT2D eigenvalue weighted by Gasteiger charge is -2.30. The van der Waals surface area contributed by atoms with E-state index in [9.17, 15) is 19.7 Å². The number of carbonyl (C=O) groups excluding carboxylic acids is 2. The number of nitro benzene ring substituents is 1. The average molecular weight is 335 g/mol. The van der Waals surface area contributed by atoms with Crippen molar-refractivity contribution < 1.29 is 19.2 Å². The van der Waals surface area contributed by atoms with Crippen LogP contribution in [0.25, 0.3) is 0 Å². The number of methoxy groups -OCH3 is 1. The van der Waals surface area contributed by atoms with Gasteiger partial charge in [0.15, 0.2) is 0 Å². The number of amides is 1. The SMILES string of the molecule is COC(=O)C1CCN(CCC(=O)Nc2ccc([N+](=O)[O-])cc2)CC1. The number of likely N-dealkylation sites (tertiary alicyclic amines) is 1. The molecule has 1 amide bonds. The zero-order valence-electron chi connectivity index (χ0n) is 13.6. The van der Waals surface area contributed by atoms with E-state index in [2.05, 4.69) is 10.2 Å². The van der Waals surface area contributed by atoms with Gasteiger partial charge in [0, 0.05) is 30.8 Å². The summed E-state index contributed by atoms with van der Waals surface area (Å²) in [4.78, 5) is 35.7. The Morgan fingerprint density at radius 3 is 2.46 bits per heavy atom. The first kappa shape index (κ1) is 17.9. The number of non-ortho nitro benzene ring substituents is 1. The van der Waals surface area contributed by atoms with Gasteiger partial charge in [0.25, 0.3) is 5.69 Å². The van der Waals surface area contributed by atoms with Crippen molar-refractivity contribution in [2.45, 2.75) is 19.3 Å². The zero-order valence-corrected chi connectivity index (χ0v) is 13.6. The predicted molar refractivity (Wildman–Crippen MR) is 87.5 cm³/mol. The Hall–Kier alpha value is -2.48. The number of esters is 1. The molecule has 8 nitrogen and oxygen atoms in total. The molecule has 24 heavy (non-hydrogen) atoms. The number of nitrogens with zero attached hydrogens (tertiary/aromatic N) is 2. The van der Waals surface area contributed by atoms with Crippen molar-refractivity contribution in [1.29, 1.82) is 0 Å². The Morgan fingerprint density at radius 1 is 1.29 bits per heavy atom. The Kier molecular flexibility index (Phi) is 6.25. The third-order valence-electron chi connectivity index (χ3n) is 4.14. The minimum atomic E-state index is -0.483. The van der Waals surface area contributed by atoms with Gasteiger partial charge < -0.3 is 15.0 Å². The number of nitro groups is 1. The number of hydrogen-bond donors (Lipinski definition) is 1. The monoisotopic (exact) mass is 335 g/mol. The van der Waals surface area contributed by atoms with E-state index < -0.39 is 4.92 Å². The van der Waals surface area contributed by atoms with E-state index in [-0.39, 0.29) is 23.5 Å². The van der Waals surface area contributed by atoms with Gasteiger partial charge in [0.1, 0.15) is 0 Å². The molecule has 0 spiro atoms. The van der Waals surface area contributed by atoms with E-state index in [1.54, 1.807) is 0 Å². The van der Waals surface area contributed by atoms with Crippen LogP contribution in [-0.4, -0.2) is 48.4 Å². The number of anilines is 1. The van der Waals surface area contributed by atoms with Crippen LogP contribution in [0.15, 0.2) is 24.3 Å². The van der Waals surface area contributed by atoms with Crippen molar-refractivity contribution in [2.24, 2.45) is 5.92 Å². The second kappa shape index (κ2) is 8.39. The van der Waals surface area contributed by atoms with Gasteiger partial charge in [-0.25, -0.2) is 0 Å². The maximum Gasteiger partial charge on any atom is 0.308 e. The zero-order chi connectivity index (χ0) is 17.5. The molecule has 1 N–H and O–H groups in total. The smallest absolute Gasteiger partial charge is 0.308 e. The van der Waals surface area contributed by atoms with E-state index in [1.165, 1.54) is 31.4 Å². The van der Waals surface area contributed by atoms with Gasteiger partial charge in [-0.15, -0.1) is 0 Å². The van der Waals surface area contributed by atoms with Gasteiger partial charge in [-0.2, -0.15) is 0 Å². The van der Waals surface area contributed by atoms with Crippen LogP contribution in [0.4, 0.5) is 11.4 Å². The summed E-state index contributed by atoms with van der Waals surface area (Å²) in [6.45, 7) is 2.15. The summed E-state index contributed by atoms with van der Waals surface area (Å²) >= 11 is 0. The first-order valence-electron chi connectivity index (χ1n) is 7.84. The van der Waals surface area contributed by atoms with Crippen LogP contribution in [0.2, 0.25) is 0 Å². The van der Waals surface area contributed by atoms with E-state index in [1.807, 2.05) is 0 Å². The van der Waals surface area contributed by atoms with Crippen molar-refractivity contribution in [3.05, 3.63) is 34.4 Å². The molecule has 0 bridgehead atoms. The van der Waals surface area contributed by atoms with Gasteiger partial charge in [-0.1, -0.05) is 0 Å². The van der Waals surface area contributed by atoms with Gasteiger partial charge >= 0.3 is 5.97 Å². The van der Waals surface area contributed by atoms with Crippen molar-refractivity contribution in [3.8, 4) is 0 Å². The largest absolute Gasteiger partial charge is 0.469 e. The molecule has 1 saturated heterocycles. The fourth-order valence-electron chi connectivity index (χ4n) is 2.71. The van der Waals surface area contributed by atoms with Crippen molar-refractivity contribution in [3.63, 3.8) is 0 Å². The highest BCUT2D eigenvalue weighted by Gasteiger charge is 2.25. The molecular weight excluding hydrogens is 314 g/mol. The maximum atomic E-state index is 11.9. The quantitative estimate of drug-likeness (QED) is 0.483. The van der Waals surface area contributed by atoms with Gasteiger partial charge in [-0.05, 0) is 38.1 Å². The summed E-state index contributed by atoms with van der Waals surface area (Å²) in [5.41, 5.74) is 0.525. The predicted octanol–water partition coefficient (Wildman–Crippen LogP) is 1.81. The van der Waals surface area contributed by atoms with Gasteiger partial charge in [-0.3, -0.25) is 19.7 Å². The van der Waals surface area contributed by atoms with E-state index in [4.69, 9.17) is 4.74 Å². The molecule has 1 aromatic carbocycles. The highest BCUT2D eigenvalue weighted by Crippen LogP contribution is 2.19. The number of nitrogens with one attached hydrogen (secondary N) is 1. The first-order valence-corrected chi connectivity index (χ1v) is 7.84. The summed E-state index contributed by atoms with van der Waals surface area (Å²) in [5.74, 6) is -0.343. The number of hydrogen-bond acceptors (Lipinski definition) is 6. The second-order valence-electron chi connectivity index (χ2n) is 5.74. The third kappa shape index (κ3) is 5.02. The molecule has 0 radical (unpaired) electrons. The molecule has 0 aromatic heterocycles. The number of carbonyl (C=O) groups is 2. The lowest BCUT2D eigenvalue weighted by Crippen LogP contribution is -2.38. The Morgan fingerprint density at radius 2 is 1.92 bits per heavy atom. The number of piperidine rings is 1. The van der Waals surface area contributed by atoms with Crippen LogP contribution in [0.3, 0.4) is 0 Å². The first-order chi connectivity index (χ1) is 11.5. The molecule has 1 aliphatic heterocycles. The van der Waals surface area contributed by atoms with Crippen LogP contribution in [-0.2, 0) is 14.3 Å². The van der Waals surface area contributed by atoms with Crippen molar-refractivity contribution >= 4 is 23.3 Å². The standard InChI is InChI=1S/C16H21N3O5/c1-24-16(21)12-6-9-18(10-7-12)11-8-15(20)17-13-2-4-14(5-3-13)19(22)23/h2-5,12H,6-11H2,1H3,(H,17,20). The minimum Gasteiger partial charge on any atom is -0.469 e. The number of ether oxygens (including phenoxy) is 1. The highest BCUT2D eigenvalue weighted by atomic mass is 16.6. The molecule has 1 aromatic rings. The molecule has 1 heterocycles. The van der Waals surface area contributed by atoms with Crippen molar-refractivity contribution in [2.75, 3.05) is 32.1 Å². The molecular formula is C16H21N3O5. The lowest BCUT2D eigenvalue weighted by molar-refractivity contribution is -0.384. The maximum absolute atomic E-state index is 11.9. The number of rotatable bonds is 6. The molecule has 1 aliphatic rings. The summed E-state index contributed by atoms with van der Waals surface area (Å²) in [5, 5.41) is 13.3. The average Bonchev–Trinajstić information content (AvgIpc) is 2.60. The van der Waals surface area contributed by atoms with E-state index in [0.717, 1.165) is 25.9 Å². The van der Waals surface area contributed by atoms with E-state index in [0.29, 0.717) is 18.7 Å². The van der Waals surface area contributed by atoms with Crippen LogP contribution in [0.5, 0.6) is 0 Å². The van der Waals surface area contributed by atoms with Crippen LogP contribution in [0.1, 0.15) is 19.3 Å². The summed E-state index contributed by atoms with van der Waals surface area (Å²) in [6.07, 6.45) is 1.83. The van der Waals surface area contributed by atoms with Crippen LogP contribution >= 0.6 is 0 Å². The Labute approximate surface area is 139 Å². The topological polar surface area (TPSA) is 102 Å². The van der Waals surface area contributed by atoms with Crippen LogP contribution in [0, 0.1) is 16.0 Å². The van der Waals surface area contributed by atoms with E-state index >= 15 is 0 Å². The summed E-state index contributed by atoms with van der Waals surface area (Å²) in [7, 11) is 1.40. The molecule has 1 fully saturated rings. The fraction of sp³-hybridized carbons (Fsp3) is 0.500. The molecule has 0 aliphatic carbocycles. The van der Waals surface area contributed by atoms with Gasteiger partial charge in [0.05, 0.1) is 18.0 Å². The van der Waals surface area contributed by atoms with Gasteiger partial charge in [0.2, 0.25) is 5.91 Å². The molecule has 130 valence electrons. The lowest BCUT2D eigenvalue weighted by atomic mass is 9.97. The normalized spacial score (nSPS) is 15.7. The molecule has 2 rings (SSSR count). The third-order valence-corrected chi connectivity index (χ3v) is 4.14. The second-order valence-corrected chi connectivity index (χ2v) is 5.74. The molecule has 0 atom stereocenters. The van der Waals surface area contributed by atoms with Crippen molar-refractivity contribution in [1.82, 2.24) is 4.90 Å². The molecule has 0 unspecified atom stereocenters. The van der Waals surface area contributed by atoms with Crippen LogP contribution < -0.4 is 5.32 Å². The summed E-state index contributed by atoms with van der Waals surface area (Å²) < 4.78 is 4.75. The minimum absolute atomic E-state index is 0.0125. The Bertz CT molecular complexity index is 594. The molecule has 8 heteroatoms. The Balaban J connectivity index is 1.72. The fourth-order valence-corrected chi connectivity index (χ4v) is 2.71. The highest BCUT2D eigenvalue weighted by molar-refractivity contribution is 5.90. The molecule has 0 saturated carbocycles. The summed E-state index contributed by atoms with van der Waals surface area (Å²) in [6, 6.07) is 5.73. The number of benzene rings is 1.